The Hall–Kier alpha value is -1.66. The Morgan fingerprint density at radius 3 is 2.33 bits per heavy atom. The zero-order valence-electron chi connectivity index (χ0n) is 13.3. The molecule has 5 nitrogen and oxygen atoms in total. The van der Waals surface area contributed by atoms with Gasteiger partial charge >= 0.3 is 7.12 Å². The Bertz CT molecular complexity index is 552. The summed E-state index contributed by atoms with van der Waals surface area (Å²) in [6, 6.07) is 5.59. The van der Waals surface area contributed by atoms with Crippen LogP contribution in [-0.2, 0) is 9.31 Å². The zero-order chi connectivity index (χ0) is 15.7. The van der Waals surface area contributed by atoms with E-state index in [1.165, 1.54) is 0 Å². The fourth-order valence-corrected chi connectivity index (χ4v) is 2.04. The molecule has 0 spiro atoms. The minimum atomic E-state index is -0.555. The normalized spacial score (nSPS) is 21.7. The molecule has 1 aromatic heterocycles. The van der Waals surface area contributed by atoms with Gasteiger partial charge in [-0.05, 0) is 39.8 Å². The quantitative estimate of drug-likeness (QED) is 0.682. The lowest BCUT2D eigenvalue weighted by Gasteiger charge is -2.32. The summed E-state index contributed by atoms with van der Waals surface area (Å²) >= 11 is 0. The summed E-state index contributed by atoms with van der Waals surface area (Å²) in [4.78, 5) is 8.34. The van der Waals surface area contributed by atoms with Crippen molar-refractivity contribution in [3.05, 3.63) is 35.6 Å². The smallest absolute Gasteiger partial charge is 0.399 e. The molecule has 1 aliphatic heterocycles. The monoisotopic (exact) mass is 287 g/mol. The van der Waals surface area contributed by atoms with Gasteiger partial charge in [-0.25, -0.2) is 0 Å². The van der Waals surface area contributed by atoms with Gasteiger partial charge in [-0.3, -0.25) is 9.98 Å². The van der Waals surface area contributed by atoms with E-state index < -0.39 is 18.3 Å². The molecule has 2 heterocycles. The van der Waals surface area contributed by atoms with Crippen LogP contribution in [0.3, 0.4) is 0 Å². The Kier molecular flexibility index (Phi) is 4.21. The lowest BCUT2D eigenvalue weighted by atomic mass is 9.77. The number of pyridine rings is 1. The average molecular weight is 287 g/mol. The van der Waals surface area contributed by atoms with Crippen LogP contribution in [0.15, 0.2) is 34.9 Å². The van der Waals surface area contributed by atoms with Crippen LogP contribution in [0.5, 0.6) is 0 Å². The second kappa shape index (κ2) is 5.62. The highest BCUT2D eigenvalue weighted by Crippen LogP contribution is 2.38. The van der Waals surface area contributed by atoms with Gasteiger partial charge < -0.3 is 15.0 Å². The first kappa shape index (κ1) is 15.7. The number of nitrogens with zero attached hydrogens (tertiary/aromatic N) is 2. The molecule has 1 aliphatic rings. The molecule has 2 rings (SSSR count). The van der Waals surface area contributed by atoms with Crippen LogP contribution in [0.2, 0.25) is 0 Å². The van der Waals surface area contributed by atoms with Crippen molar-refractivity contribution in [2.45, 2.75) is 38.9 Å². The van der Waals surface area contributed by atoms with Crippen LogP contribution in [0, 0.1) is 0 Å². The minimum absolute atomic E-state index is 0.422. The van der Waals surface area contributed by atoms with Crippen LogP contribution in [0.4, 0.5) is 0 Å². The van der Waals surface area contributed by atoms with Crippen molar-refractivity contribution in [3.63, 3.8) is 0 Å². The van der Waals surface area contributed by atoms with E-state index in [9.17, 15) is 0 Å². The number of hydrogen-bond acceptors (Lipinski definition) is 5. The Balaban J connectivity index is 2.42. The minimum Gasteiger partial charge on any atom is -0.399 e. The Morgan fingerprint density at radius 2 is 1.86 bits per heavy atom. The molecule has 0 radical (unpaired) electrons. The van der Waals surface area contributed by atoms with Gasteiger partial charge in [0.1, 0.15) is 0 Å². The van der Waals surface area contributed by atoms with Gasteiger partial charge in [-0.1, -0.05) is 6.07 Å². The largest absolute Gasteiger partial charge is 0.498 e. The number of nitrogens with two attached hydrogens (primary N) is 1. The van der Waals surface area contributed by atoms with Crippen LogP contribution in [-0.4, -0.2) is 36.6 Å². The SMILES string of the molecule is CN=CC(B1OC(C)(C)C(C)(C)O1)=C(N)c1ccccn1. The lowest BCUT2D eigenvalue weighted by molar-refractivity contribution is 0.00578. The van der Waals surface area contributed by atoms with Crippen molar-refractivity contribution < 1.29 is 9.31 Å². The van der Waals surface area contributed by atoms with E-state index in [-0.39, 0.29) is 0 Å². The van der Waals surface area contributed by atoms with Crippen molar-refractivity contribution in [1.29, 1.82) is 0 Å². The second-order valence-electron chi connectivity index (χ2n) is 6.06. The third-order valence-electron chi connectivity index (χ3n) is 4.03. The van der Waals surface area contributed by atoms with Gasteiger partial charge in [0.15, 0.2) is 0 Å². The zero-order valence-corrected chi connectivity index (χ0v) is 13.3. The fraction of sp³-hybridized carbons (Fsp3) is 0.467. The summed E-state index contributed by atoms with van der Waals surface area (Å²) in [5.74, 6) is 0. The van der Waals surface area contributed by atoms with Gasteiger partial charge in [-0.2, -0.15) is 0 Å². The van der Waals surface area contributed by atoms with E-state index in [0.717, 1.165) is 0 Å². The second-order valence-corrected chi connectivity index (χ2v) is 6.06. The molecule has 21 heavy (non-hydrogen) atoms. The molecule has 0 aliphatic carbocycles. The number of rotatable bonds is 3. The first-order valence-electron chi connectivity index (χ1n) is 6.97. The summed E-state index contributed by atoms with van der Waals surface area (Å²) in [7, 11) is 1.14. The van der Waals surface area contributed by atoms with E-state index in [4.69, 9.17) is 15.0 Å². The summed E-state index contributed by atoms with van der Waals surface area (Å²) in [5, 5.41) is 0. The van der Waals surface area contributed by atoms with Gasteiger partial charge in [0.05, 0.1) is 22.6 Å². The molecular formula is C15H22BN3O2. The highest BCUT2D eigenvalue weighted by Gasteiger charge is 2.52. The predicted octanol–water partition coefficient (Wildman–Crippen LogP) is 2.08. The maximum atomic E-state index is 6.25. The van der Waals surface area contributed by atoms with Gasteiger partial charge in [0, 0.05) is 24.9 Å². The first-order valence-corrected chi connectivity index (χ1v) is 6.97. The molecule has 0 bridgehead atoms. The van der Waals surface area contributed by atoms with E-state index >= 15 is 0 Å². The van der Waals surface area contributed by atoms with Crippen molar-refractivity contribution in [1.82, 2.24) is 4.98 Å². The van der Waals surface area contributed by atoms with Crippen molar-refractivity contribution >= 4 is 19.0 Å². The van der Waals surface area contributed by atoms with Crippen LogP contribution in [0.1, 0.15) is 33.4 Å². The maximum absolute atomic E-state index is 6.25. The molecule has 0 unspecified atom stereocenters. The maximum Gasteiger partial charge on any atom is 0.498 e. The summed E-state index contributed by atoms with van der Waals surface area (Å²) in [5.41, 5.74) is 7.29. The first-order chi connectivity index (χ1) is 9.78. The van der Waals surface area contributed by atoms with E-state index in [0.29, 0.717) is 16.9 Å². The Morgan fingerprint density at radius 1 is 1.24 bits per heavy atom. The van der Waals surface area contributed by atoms with Gasteiger partial charge in [0.25, 0.3) is 0 Å². The molecule has 0 aromatic carbocycles. The predicted molar refractivity (Wildman–Crippen MR) is 85.8 cm³/mol. The summed E-state index contributed by atoms with van der Waals surface area (Å²) in [6.07, 6.45) is 3.37. The van der Waals surface area contributed by atoms with Crippen LogP contribution < -0.4 is 5.73 Å². The molecule has 1 saturated heterocycles. The molecule has 0 atom stereocenters. The third-order valence-corrected chi connectivity index (χ3v) is 4.03. The van der Waals surface area contributed by atoms with Crippen LogP contribution in [0.25, 0.3) is 5.70 Å². The molecule has 112 valence electrons. The van der Waals surface area contributed by atoms with Crippen molar-refractivity contribution in [2.75, 3.05) is 7.05 Å². The molecular weight excluding hydrogens is 265 g/mol. The average Bonchev–Trinajstić information content (AvgIpc) is 2.65. The van der Waals surface area contributed by atoms with Crippen molar-refractivity contribution in [3.8, 4) is 0 Å². The molecule has 6 heteroatoms. The number of hydrogen-bond donors (Lipinski definition) is 1. The van der Waals surface area contributed by atoms with Crippen LogP contribution >= 0.6 is 0 Å². The topological polar surface area (TPSA) is 69.7 Å². The summed E-state index contributed by atoms with van der Waals surface area (Å²) < 4.78 is 12.1. The molecule has 1 fully saturated rings. The van der Waals surface area contributed by atoms with Crippen molar-refractivity contribution in [2.24, 2.45) is 10.7 Å². The summed E-state index contributed by atoms with van der Waals surface area (Å²) in [6.45, 7) is 8.02. The van der Waals surface area contributed by atoms with E-state index in [1.807, 2.05) is 45.9 Å². The third kappa shape index (κ3) is 3.01. The standard InChI is InChI=1S/C15H22BN3O2/c1-14(2)15(3,4)21-16(20-14)11(10-18-5)13(17)12-8-6-7-9-19-12/h6-10H,17H2,1-5H3. The number of aromatic nitrogens is 1. The number of aliphatic imine (C=N–C) groups is 1. The fourth-order valence-electron chi connectivity index (χ4n) is 2.04. The number of allylic oxidation sites excluding steroid dienone is 1. The van der Waals surface area contributed by atoms with Gasteiger partial charge in [0.2, 0.25) is 0 Å². The van der Waals surface area contributed by atoms with Gasteiger partial charge in [-0.15, -0.1) is 0 Å². The molecule has 0 amide bonds. The lowest BCUT2D eigenvalue weighted by Crippen LogP contribution is -2.41. The molecule has 2 N–H and O–H groups in total. The van der Waals surface area contributed by atoms with E-state index in [1.54, 1.807) is 19.5 Å². The highest BCUT2D eigenvalue weighted by molar-refractivity contribution is 6.62. The molecule has 1 aromatic rings. The highest BCUT2D eigenvalue weighted by atomic mass is 16.7. The van der Waals surface area contributed by atoms with E-state index in [2.05, 4.69) is 9.98 Å². The Labute approximate surface area is 126 Å². The molecule has 0 saturated carbocycles.